The molecule has 0 saturated carbocycles. The average molecular weight is 880 g/mol. The van der Waals surface area contributed by atoms with E-state index in [1.165, 1.54) is 61.2 Å². The SMILES string of the molecule is c1ccc(-c2ccc(-c3ccc(N(c4ccc(-c5cccc6c5oc5ccccc56)cc4)c4cccc(-c5cccc6c5-c5ccccc5C6(c5ccccc5)c5ccccc5)c4)cc3)cc2)cc1. The van der Waals surface area contributed by atoms with Crippen molar-refractivity contribution < 1.29 is 4.42 Å². The molecule has 0 N–H and O–H groups in total. The Morgan fingerprint density at radius 3 is 1.43 bits per heavy atom. The molecule has 0 fully saturated rings. The standard InChI is InChI=1S/C67H45NO/c1-4-17-46(18-5-1)47-33-35-48(36-34-47)49-37-41-54(42-38-49)68(55-43-39-50(40-44-55)58-28-15-29-60-59-25-11-13-32-64(59)69-66(58)60)56-24-14-19-51(45-56)57-27-16-31-63-65(57)61-26-10-12-30-62(61)67(63,52-20-6-2-7-21-52)53-22-8-3-9-23-53/h1-45H. The predicted octanol–water partition coefficient (Wildman–Crippen LogP) is 18.1. The summed E-state index contributed by atoms with van der Waals surface area (Å²) in [6.45, 7) is 0. The van der Waals surface area contributed by atoms with Crippen LogP contribution in [0.25, 0.3) is 77.6 Å². The fourth-order valence-corrected chi connectivity index (χ4v) is 11.0. The zero-order valence-corrected chi connectivity index (χ0v) is 37.8. The molecular formula is C67H45NO. The van der Waals surface area contributed by atoms with E-state index in [9.17, 15) is 0 Å². The molecule has 12 aromatic rings. The fraction of sp³-hybridized carbons (Fsp3) is 0.0149. The molecule has 0 amide bonds. The summed E-state index contributed by atoms with van der Waals surface area (Å²) in [7, 11) is 0. The van der Waals surface area contributed by atoms with E-state index in [-0.39, 0.29) is 0 Å². The molecule has 324 valence electrons. The highest BCUT2D eigenvalue weighted by Crippen LogP contribution is 2.58. The van der Waals surface area contributed by atoms with Crippen LogP contribution in [0.2, 0.25) is 0 Å². The van der Waals surface area contributed by atoms with Crippen molar-refractivity contribution in [3.8, 4) is 55.6 Å². The summed E-state index contributed by atoms with van der Waals surface area (Å²) in [5, 5.41) is 2.26. The molecule has 0 spiro atoms. The molecule has 0 bridgehead atoms. The van der Waals surface area contributed by atoms with E-state index < -0.39 is 5.41 Å². The van der Waals surface area contributed by atoms with E-state index in [4.69, 9.17) is 4.42 Å². The number of rotatable bonds is 9. The van der Waals surface area contributed by atoms with E-state index in [0.717, 1.165) is 55.7 Å². The summed E-state index contributed by atoms with van der Waals surface area (Å²) in [5.41, 5.74) is 21.5. The molecule has 2 nitrogen and oxygen atoms in total. The van der Waals surface area contributed by atoms with Gasteiger partial charge in [-0.3, -0.25) is 0 Å². The van der Waals surface area contributed by atoms with Crippen molar-refractivity contribution in [1.82, 2.24) is 0 Å². The lowest BCUT2D eigenvalue weighted by Crippen LogP contribution is -2.28. The molecule has 13 rings (SSSR count). The van der Waals surface area contributed by atoms with Crippen molar-refractivity contribution in [3.05, 3.63) is 295 Å². The fourth-order valence-electron chi connectivity index (χ4n) is 11.0. The largest absolute Gasteiger partial charge is 0.455 e. The Morgan fingerprint density at radius 1 is 0.290 bits per heavy atom. The van der Waals surface area contributed by atoms with Crippen LogP contribution >= 0.6 is 0 Å². The maximum Gasteiger partial charge on any atom is 0.143 e. The van der Waals surface area contributed by atoms with Gasteiger partial charge >= 0.3 is 0 Å². The highest BCUT2D eigenvalue weighted by molar-refractivity contribution is 6.09. The van der Waals surface area contributed by atoms with Crippen LogP contribution in [0.3, 0.4) is 0 Å². The van der Waals surface area contributed by atoms with Gasteiger partial charge in [-0.25, -0.2) is 0 Å². The van der Waals surface area contributed by atoms with Gasteiger partial charge in [-0.05, 0) is 115 Å². The molecule has 0 radical (unpaired) electrons. The number of benzene rings is 11. The normalized spacial score (nSPS) is 12.5. The quantitative estimate of drug-likeness (QED) is 0.144. The van der Waals surface area contributed by atoms with Gasteiger partial charge in [0.15, 0.2) is 0 Å². The van der Waals surface area contributed by atoms with Crippen LogP contribution < -0.4 is 4.90 Å². The van der Waals surface area contributed by atoms with Crippen molar-refractivity contribution in [2.75, 3.05) is 4.90 Å². The number of para-hydroxylation sites is 2. The van der Waals surface area contributed by atoms with Crippen molar-refractivity contribution in [2.24, 2.45) is 0 Å². The van der Waals surface area contributed by atoms with E-state index in [1.54, 1.807) is 0 Å². The minimum absolute atomic E-state index is 0.480. The molecular weight excluding hydrogens is 835 g/mol. The third kappa shape index (κ3) is 6.72. The minimum atomic E-state index is -0.480. The van der Waals surface area contributed by atoms with E-state index >= 15 is 0 Å². The summed E-state index contributed by atoms with van der Waals surface area (Å²) >= 11 is 0. The molecule has 0 saturated heterocycles. The Balaban J connectivity index is 0.941. The molecule has 2 heteroatoms. The molecule has 1 aliphatic carbocycles. The van der Waals surface area contributed by atoms with Crippen LogP contribution in [-0.4, -0.2) is 0 Å². The highest BCUT2D eigenvalue weighted by atomic mass is 16.3. The number of hydrogen-bond donors (Lipinski definition) is 0. The summed E-state index contributed by atoms with van der Waals surface area (Å²) < 4.78 is 6.49. The Hall–Kier alpha value is -8.98. The second kappa shape index (κ2) is 16.7. The third-order valence-electron chi connectivity index (χ3n) is 14.2. The third-order valence-corrected chi connectivity index (χ3v) is 14.2. The van der Waals surface area contributed by atoms with Gasteiger partial charge < -0.3 is 9.32 Å². The number of anilines is 3. The molecule has 0 unspecified atom stereocenters. The summed E-state index contributed by atoms with van der Waals surface area (Å²) in [4.78, 5) is 2.38. The molecule has 11 aromatic carbocycles. The van der Waals surface area contributed by atoms with Crippen molar-refractivity contribution in [2.45, 2.75) is 5.41 Å². The van der Waals surface area contributed by atoms with Gasteiger partial charge in [-0.2, -0.15) is 0 Å². The first-order chi connectivity index (χ1) is 34.2. The summed E-state index contributed by atoms with van der Waals surface area (Å²) in [6.07, 6.45) is 0. The smallest absolute Gasteiger partial charge is 0.143 e. The van der Waals surface area contributed by atoms with Crippen LogP contribution in [0, 0.1) is 0 Å². The van der Waals surface area contributed by atoms with Gasteiger partial charge in [0.05, 0.1) is 5.41 Å². The first-order valence-corrected chi connectivity index (χ1v) is 23.7. The van der Waals surface area contributed by atoms with Crippen molar-refractivity contribution in [1.29, 1.82) is 0 Å². The maximum atomic E-state index is 6.49. The van der Waals surface area contributed by atoms with Crippen molar-refractivity contribution >= 4 is 39.0 Å². The average Bonchev–Trinajstić information content (AvgIpc) is 3.97. The van der Waals surface area contributed by atoms with Crippen LogP contribution in [0.4, 0.5) is 17.1 Å². The first-order valence-electron chi connectivity index (χ1n) is 23.7. The zero-order chi connectivity index (χ0) is 45.7. The maximum absolute atomic E-state index is 6.49. The lowest BCUT2D eigenvalue weighted by molar-refractivity contribution is 0.670. The van der Waals surface area contributed by atoms with Crippen LogP contribution in [0.15, 0.2) is 277 Å². The van der Waals surface area contributed by atoms with Gasteiger partial charge in [0, 0.05) is 33.4 Å². The summed E-state index contributed by atoms with van der Waals surface area (Å²) in [5.74, 6) is 0. The van der Waals surface area contributed by atoms with E-state index in [1.807, 2.05) is 12.1 Å². The predicted molar refractivity (Wildman–Crippen MR) is 287 cm³/mol. The number of hydrogen-bond acceptors (Lipinski definition) is 2. The second-order valence-corrected chi connectivity index (χ2v) is 18.0. The Bertz CT molecular complexity index is 3760. The van der Waals surface area contributed by atoms with Gasteiger partial charge in [0.1, 0.15) is 11.2 Å². The lowest BCUT2D eigenvalue weighted by Gasteiger charge is -2.34. The van der Waals surface area contributed by atoms with Gasteiger partial charge in [0.2, 0.25) is 0 Å². The monoisotopic (exact) mass is 879 g/mol. The van der Waals surface area contributed by atoms with E-state index in [2.05, 4.69) is 266 Å². The van der Waals surface area contributed by atoms with Crippen LogP contribution in [-0.2, 0) is 5.41 Å². The van der Waals surface area contributed by atoms with E-state index in [0.29, 0.717) is 0 Å². The second-order valence-electron chi connectivity index (χ2n) is 18.0. The molecule has 1 aromatic heterocycles. The number of nitrogens with zero attached hydrogens (tertiary/aromatic N) is 1. The van der Waals surface area contributed by atoms with Gasteiger partial charge in [-0.15, -0.1) is 0 Å². The van der Waals surface area contributed by atoms with Crippen LogP contribution in [0.5, 0.6) is 0 Å². The Kier molecular flexibility index (Phi) is 9.77. The summed E-state index contributed by atoms with van der Waals surface area (Å²) in [6, 6.07) is 99.1. The molecule has 1 heterocycles. The lowest BCUT2D eigenvalue weighted by atomic mass is 9.67. The first kappa shape index (κ1) is 40.3. The van der Waals surface area contributed by atoms with Gasteiger partial charge in [-0.1, -0.05) is 231 Å². The number of furan rings is 1. The molecule has 69 heavy (non-hydrogen) atoms. The van der Waals surface area contributed by atoms with Gasteiger partial charge in [0.25, 0.3) is 0 Å². The highest BCUT2D eigenvalue weighted by Gasteiger charge is 2.46. The Morgan fingerprint density at radius 2 is 0.754 bits per heavy atom. The van der Waals surface area contributed by atoms with Crippen LogP contribution in [0.1, 0.15) is 22.3 Å². The topological polar surface area (TPSA) is 16.4 Å². The minimum Gasteiger partial charge on any atom is -0.455 e. The number of fused-ring (bicyclic) bond motifs is 6. The zero-order valence-electron chi connectivity index (χ0n) is 37.8. The molecule has 0 aliphatic heterocycles. The Labute approximate surface area is 402 Å². The molecule has 1 aliphatic rings. The molecule has 0 atom stereocenters. The van der Waals surface area contributed by atoms with Crippen molar-refractivity contribution in [3.63, 3.8) is 0 Å².